The van der Waals surface area contributed by atoms with Crippen LogP contribution in [-0.4, -0.2) is 35.1 Å². The number of primary sulfonamides is 1. The van der Waals surface area contributed by atoms with E-state index in [0.29, 0.717) is 19.0 Å². The number of hydrogen-bond acceptors (Lipinski definition) is 4. The van der Waals surface area contributed by atoms with E-state index < -0.39 is 10.0 Å². The molecule has 8 heteroatoms. The molecule has 0 atom stereocenters. The maximum absolute atomic E-state index is 11.4. The highest BCUT2D eigenvalue weighted by Gasteiger charge is 2.08. The van der Waals surface area contributed by atoms with Crippen molar-refractivity contribution in [3.63, 3.8) is 0 Å². The number of aliphatic imine (C=N–C) groups is 1. The second-order valence-corrected chi connectivity index (χ2v) is 7.67. The van der Waals surface area contributed by atoms with Gasteiger partial charge in [-0.05, 0) is 42.7 Å². The number of sulfonamides is 1. The van der Waals surface area contributed by atoms with Gasteiger partial charge in [0, 0.05) is 20.1 Å². The first kappa shape index (κ1) is 20.7. The quantitative estimate of drug-likeness (QED) is 0.491. The van der Waals surface area contributed by atoms with Gasteiger partial charge in [-0.25, -0.2) is 13.6 Å². The normalized spacial score (nSPS) is 11.9. The minimum absolute atomic E-state index is 0.0938. The summed E-state index contributed by atoms with van der Waals surface area (Å²) in [5.74, 6) is 1.49. The highest BCUT2D eigenvalue weighted by atomic mass is 32.2. The zero-order valence-corrected chi connectivity index (χ0v) is 16.6. The molecule has 2 aromatic rings. The molecule has 0 fully saturated rings. The molecule has 4 N–H and O–H groups in total. The third kappa shape index (κ3) is 6.26. The smallest absolute Gasteiger partial charge is 0.238 e. The Balaban J connectivity index is 1.91. The first-order valence-corrected chi connectivity index (χ1v) is 10.1. The zero-order chi connectivity index (χ0) is 19.9. The SMILES string of the molecule is CN=C(NCCc1cc(C)ccc1OC)NCc1cccc(S(N)(=O)=O)c1. The summed E-state index contributed by atoms with van der Waals surface area (Å²) in [5, 5.41) is 11.6. The van der Waals surface area contributed by atoms with E-state index in [2.05, 4.69) is 21.7 Å². The van der Waals surface area contributed by atoms with E-state index in [-0.39, 0.29) is 4.90 Å². The van der Waals surface area contributed by atoms with Gasteiger partial charge < -0.3 is 15.4 Å². The number of nitrogens with zero attached hydrogens (tertiary/aromatic N) is 1. The van der Waals surface area contributed by atoms with Crippen molar-refractivity contribution >= 4 is 16.0 Å². The Morgan fingerprint density at radius 1 is 1.19 bits per heavy atom. The van der Waals surface area contributed by atoms with Crippen LogP contribution >= 0.6 is 0 Å². The number of ether oxygens (including phenoxy) is 1. The fraction of sp³-hybridized carbons (Fsp3) is 0.316. The van der Waals surface area contributed by atoms with Crippen molar-refractivity contribution in [3.05, 3.63) is 59.2 Å². The van der Waals surface area contributed by atoms with Crippen LogP contribution in [0.3, 0.4) is 0 Å². The Morgan fingerprint density at radius 2 is 1.96 bits per heavy atom. The van der Waals surface area contributed by atoms with Gasteiger partial charge in [-0.15, -0.1) is 0 Å². The summed E-state index contributed by atoms with van der Waals surface area (Å²) >= 11 is 0. The highest BCUT2D eigenvalue weighted by Crippen LogP contribution is 2.19. The van der Waals surface area contributed by atoms with Gasteiger partial charge in [0.2, 0.25) is 10.0 Å². The number of guanidine groups is 1. The van der Waals surface area contributed by atoms with Crippen LogP contribution in [0.1, 0.15) is 16.7 Å². The number of aryl methyl sites for hydroxylation is 1. The number of rotatable bonds is 7. The molecule has 27 heavy (non-hydrogen) atoms. The van der Waals surface area contributed by atoms with E-state index in [1.54, 1.807) is 26.3 Å². The zero-order valence-electron chi connectivity index (χ0n) is 15.8. The molecule has 0 aliphatic carbocycles. The van der Waals surface area contributed by atoms with Crippen molar-refractivity contribution in [2.24, 2.45) is 10.1 Å². The minimum atomic E-state index is -3.71. The lowest BCUT2D eigenvalue weighted by molar-refractivity contribution is 0.409. The summed E-state index contributed by atoms with van der Waals surface area (Å²) in [6.45, 7) is 3.15. The molecule has 0 saturated heterocycles. The molecule has 0 saturated carbocycles. The van der Waals surface area contributed by atoms with Crippen LogP contribution in [0, 0.1) is 6.92 Å². The maximum Gasteiger partial charge on any atom is 0.238 e. The summed E-state index contributed by atoms with van der Waals surface area (Å²) < 4.78 is 28.3. The van der Waals surface area contributed by atoms with Crippen LogP contribution in [0.5, 0.6) is 5.75 Å². The maximum atomic E-state index is 11.4. The van der Waals surface area contributed by atoms with E-state index in [4.69, 9.17) is 9.88 Å². The Hall–Kier alpha value is -2.58. The van der Waals surface area contributed by atoms with Gasteiger partial charge in [0.1, 0.15) is 5.75 Å². The number of methoxy groups -OCH3 is 1. The van der Waals surface area contributed by atoms with Crippen LogP contribution in [0.25, 0.3) is 0 Å². The average Bonchev–Trinajstić information content (AvgIpc) is 2.64. The Labute approximate surface area is 160 Å². The second kappa shape index (κ2) is 9.38. The van der Waals surface area contributed by atoms with E-state index in [1.165, 1.54) is 11.6 Å². The molecule has 0 amide bonds. The third-order valence-electron chi connectivity index (χ3n) is 4.03. The van der Waals surface area contributed by atoms with Gasteiger partial charge in [0.15, 0.2) is 5.96 Å². The monoisotopic (exact) mass is 390 g/mol. The van der Waals surface area contributed by atoms with Gasteiger partial charge in [-0.2, -0.15) is 0 Å². The lowest BCUT2D eigenvalue weighted by Gasteiger charge is -2.14. The largest absolute Gasteiger partial charge is 0.496 e. The van der Waals surface area contributed by atoms with Crippen molar-refractivity contribution in [3.8, 4) is 5.75 Å². The number of nitrogens with one attached hydrogen (secondary N) is 2. The van der Waals surface area contributed by atoms with Gasteiger partial charge in [0.25, 0.3) is 0 Å². The molecule has 2 aromatic carbocycles. The fourth-order valence-electron chi connectivity index (χ4n) is 2.66. The molecule has 7 nitrogen and oxygen atoms in total. The molecule has 0 aromatic heterocycles. The number of benzene rings is 2. The first-order valence-electron chi connectivity index (χ1n) is 8.53. The lowest BCUT2D eigenvalue weighted by atomic mass is 10.1. The lowest BCUT2D eigenvalue weighted by Crippen LogP contribution is -2.37. The molecule has 146 valence electrons. The predicted octanol–water partition coefficient (Wildman–Crippen LogP) is 1.56. The second-order valence-electron chi connectivity index (χ2n) is 6.11. The van der Waals surface area contributed by atoms with E-state index >= 15 is 0 Å². The standard InChI is InChI=1S/C19H26N4O3S/c1-14-7-8-18(26-3)16(11-14)9-10-22-19(21-2)23-13-15-5-4-6-17(12-15)27(20,24)25/h4-8,11-12H,9-10,13H2,1-3H3,(H2,20,24,25)(H2,21,22,23). The van der Waals surface area contributed by atoms with Crippen molar-refractivity contribution < 1.29 is 13.2 Å². The van der Waals surface area contributed by atoms with Gasteiger partial charge in [-0.1, -0.05) is 29.8 Å². The van der Waals surface area contributed by atoms with Crippen molar-refractivity contribution in [1.29, 1.82) is 0 Å². The first-order chi connectivity index (χ1) is 12.8. The van der Waals surface area contributed by atoms with Crippen molar-refractivity contribution in [2.45, 2.75) is 24.8 Å². The van der Waals surface area contributed by atoms with Gasteiger partial charge in [-0.3, -0.25) is 4.99 Å². The molecule has 0 radical (unpaired) electrons. The molecular formula is C19H26N4O3S. The Kier molecular flexibility index (Phi) is 7.20. The highest BCUT2D eigenvalue weighted by molar-refractivity contribution is 7.89. The van der Waals surface area contributed by atoms with Crippen LogP contribution < -0.4 is 20.5 Å². The van der Waals surface area contributed by atoms with Crippen molar-refractivity contribution in [1.82, 2.24) is 10.6 Å². The Morgan fingerprint density at radius 3 is 2.63 bits per heavy atom. The topological polar surface area (TPSA) is 106 Å². The average molecular weight is 391 g/mol. The predicted molar refractivity (Wildman–Crippen MR) is 107 cm³/mol. The van der Waals surface area contributed by atoms with Crippen LogP contribution in [0.15, 0.2) is 52.4 Å². The summed E-state index contributed by atoms with van der Waals surface area (Å²) in [6.07, 6.45) is 0.784. The van der Waals surface area contributed by atoms with Crippen LogP contribution in [0.4, 0.5) is 0 Å². The molecule has 0 aliphatic rings. The van der Waals surface area contributed by atoms with Gasteiger partial charge >= 0.3 is 0 Å². The molecule has 0 unspecified atom stereocenters. The molecule has 0 aliphatic heterocycles. The molecule has 0 spiro atoms. The summed E-state index contributed by atoms with van der Waals surface area (Å²) in [5.41, 5.74) is 3.11. The fourth-order valence-corrected chi connectivity index (χ4v) is 3.24. The molecule has 2 rings (SSSR count). The summed E-state index contributed by atoms with van der Waals surface area (Å²) in [4.78, 5) is 4.28. The number of nitrogens with two attached hydrogens (primary N) is 1. The van der Waals surface area contributed by atoms with Crippen molar-refractivity contribution in [2.75, 3.05) is 20.7 Å². The summed E-state index contributed by atoms with van der Waals surface area (Å²) in [6, 6.07) is 12.6. The van der Waals surface area contributed by atoms with E-state index in [1.807, 2.05) is 25.1 Å². The van der Waals surface area contributed by atoms with E-state index in [0.717, 1.165) is 23.3 Å². The third-order valence-corrected chi connectivity index (χ3v) is 4.94. The molecule has 0 bridgehead atoms. The minimum Gasteiger partial charge on any atom is -0.496 e. The van der Waals surface area contributed by atoms with E-state index in [9.17, 15) is 8.42 Å². The Bertz CT molecular complexity index is 911. The van der Waals surface area contributed by atoms with Gasteiger partial charge in [0.05, 0.1) is 12.0 Å². The van der Waals surface area contributed by atoms with Crippen LogP contribution in [-0.2, 0) is 23.0 Å². The molecular weight excluding hydrogens is 364 g/mol. The number of hydrogen-bond donors (Lipinski definition) is 3. The summed E-state index contributed by atoms with van der Waals surface area (Å²) in [7, 11) is -0.362. The van der Waals surface area contributed by atoms with Crippen LogP contribution in [0.2, 0.25) is 0 Å². The molecule has 0 heterocycles.